The van der Waals surface area contributed by atoms with Crippen molar-refractivity contribution in [1.29, 1.82) is 0 Å². The molecule has 0 aliphatic carbocycles. The number of amides is 1. The van der Waals surface area contributed by atoms with Gasteiger partial charge in [0.25, 0.3) is 5.91 Å². The minimum atomic E-state index is -0.539. The van der Waals surface area contributed by atoms with Gasteiger partial charge in [-0.2, -0.15) is 5.10 Å². The molecule has 2 aromatic carbocycles. The maximum absolute atomic E-state index is 13.7. The van der Waals surface area contributed by atoms with E-state index in [-0.39, 0.29) is 11.7 Å². The average Bonchev–Trinajstić information content (AvgIpc) is 2.97. The van der Waals surface area contributed by atoms with E-state index in [0.717, 1.165) is 10.2 Å². The van der Waals surface area contributed by atoms with Crippen molar-refractivity contribution in [2.75, 3.05) is 12.4 Å². The topological polar surface area (TPSA) is 56.1 Å². The lowest BCUT2D eigenvalue weighted by Crippen LogP contribution is -2.13. The Balaban J connectivity index is 1.83. The van der Waals surface area contributed by atoms with Crippen molar-refractivity contribution >= 4 is 27.5 Å². The summed E-state index contributed by atoms with van der Waals surface area (Å²) in [6.45, 7) is 1.80. The predicted molar refractivity (Wildman–Crippen MR) is 96.9 cm³/mol. The molecule has 0 saturated carbocycles. The molecule has 128 valence electrons. The van der Waals surface area contributed by atoms with Crippen molar-refractivity contribution in [2.24, 2.45) is 0 Å². The van der Waals surface area contributed by atoms with Crippen LogP contribution in [0.1, 0.15) is 16.1 Å². The highest BCUT2D eigenvalue weighted by Gasteiger charge is 2.16. The molecular formula is C18H15BrFN3O2. The molecule has 0 spiro atoms. The van der Waals surface area contributed by atoms with E-state index in [1.54, 1.807) is 17.7 Å². The third-order valence-electron chi connectivity index (χ3n) is 3.74. The Bertz CT molecular complexity index is 923. The number of carbonyl (C=O) groups is 1. The average molecular weight is 404 g/mol. The summed E-state index contributed by atoms with van der Waals surface area (Å²) in [4.78, 5) is 12.5. The van der Waals surface area contributed by atoms with Gasteiger partial charge in [0.1, 0.15) is 0 Å². The number of methoxy groups -OCH3 is 1. The van der Waals surface area contributed by atoms with Crippen LogP contribution in [0.15, 0.2) is 53.1 Å². The van der Waals surface area contributed by atoms with E-state index in [1.807, 2.05) is 24.3 Å². The van der Waals surface area contributed by atoms with Gasteiger partial charge in [0.15, 0.2) is 11.6 Å². The summed E-state index contributed by atoms with van der Waals surface area (Å²) in [5.74, 6) is -0.773. The smallest absolute Gasteiger partial charge is 0.259 e. The van der Waals surface area contributed by atoms with Crippen molar-refractivity contribution in [2.45, 2.75) is 6.92 Å². The molecule has 3 rings (SSSR count). The number of nitrogens with zero attached hydrogens (tertiary/aromatic N) is 2. The zero-order chi connectivity index (χ0) is 18.0. The molecule has 0 atom stereocenters. The Morgan fingerprint density at radius 2 is 1.96 bits per heavy atom. The van der Waals surface area contributed by atoms with Crippen molar-refractivity contribution in [3.63, 3.8) is 0 Å². The van der Waals surface area contributed by atoms with Crippen LogP contribution < -0.4 is 10.1 Å². The molecule has 25 heavy (non-hydrogen) atoms. The summed E-state index contributed by atoms with van der Waals surface area (Å²) < 4.78 is 21.2. The van der Waals surface area contributed by atoms with Crippen LogP contribution in [0, 0.1) is 12.7 Å². The maximum atomic E-state index is 13.7. The molecule has 0 radical (unpaired) electrons. The number of halogens is 2. The molecule has 0 saturated heterocycles. The number of aromatic nitrogens is 2. The molecule has 0 fully saturated rings. The fourth-order valence-electron chi connectivity index (χ4n) is 2.42. The number of rotatable bonds is 4. The molecule has 0 bridgehead atoms. The van der Waals surface area contributed by atoms with Gasteiger partial charge in [-0.15, -0.1) is 0 Å². The van der Waals surface area contributed by atoms with Gasteiger partial charge < -0.3 is 10.1 Å². The molecule has 1 heterocycles. The Hall–Kier alpha value is -2.67. The van der Waals surface area contributed by atoms with Crippen LogP contribution in [-0.4, -0.2) is 22.8 Å². The Morgan fingerprint density at radius 1 is 1.24 bits per heavy atom. The summed E-state index contributed by atoms with van der Waals surface area (Å²) in [5, 5.41) is 6.94. The van der Waals surface area contributed by atoms with Crippen LogP contribution in [0.5, 0.6) is 5.75 Å². The van der Waals surface area contributed by atoms with Gasteiger partial charge in [0.05, 0.1) is 30.3 Å². The monoisotopic (exact) mass is 403 g/mol. The highest BCUT2D eigenvalue weighted by molar-refractivity contribution is 9.10. The molecule has 7 heteroatoms. The molecular weight excluding hydrogens is 389 g/mol. The molecule has 0 aliphatic heterocycles. The largest absolute Gasteiger partial charge is 0.494 e. The second kappa shape index (κ2) is 7.06. The molecule has 1 aromatic heterocycles. The Morgan fingerprint density at radius 3 is 2.60 bits per heavy atom. The number of anilines is 1. The number of hydrogen-bond acceptors (Lipinski definition) is 3. The van der Waals surface area contributed by atoms with E-state index in [9.17, 15) is 9.18 Å². The molecule has 5 nitrogen and oxygen atoms in total. The fraction of sp³-hybridized carbons (Fsp3) is 0.111. The van der Waals surface area contributed by atoms with Crippen LogP contribution in [0.25, 0.3) is 5.69 Å². The van der Waals surface area contributed by atoms with Gasteiger partial charge in [-0.05, 0) is 43.3 Å². The highest BCUT2D eigenvalue weighted by Crippen LogP contribution is 2.22. The summed E-state index contributed by atoms with van der Waals surface area (Å²) in [7, 11) is 1.39. The van der Waals surface area contributed by atoms with Crippen LogP contribution in [0.4, 0.5) is 10.1 Å². The third-order valence-corrected chi connectivity index (χ3v) is 4.26. The number of carbonyl (C=O) groups excluding carboxylic acids is 1. The first-order chi connectivity index (χ1) is 12.0. The summed E-state index contributed by atoms with van der Waals surface area (Å²) in [6.07, 6.45) is 1.49. The van der Waals surface area contributed by atoms with Gasteiger partial charge in [0.2, 0.25) is 0 Å². The lowest BCUT2D eigenvalue weighted by molar-refractivity contribution is 0.102. The zero-order valence-electron chi connectivity index (χ0n) is 13.6. The summed E-state index contributed by atoms with van der Waals surface area (Å²) in [6, 6.07) is 11.8. The lowest BCUT2D eigenvalue weighted by atomic mass is 10.2. The molecule has 3 aromatic rings. The van der Waals surface area contributed by atoms with Gasteiger partial charge in [-0.1, -0.05) is 15.9 Å². The molecule has 0 unspecified atom stereocenters. The first-order valence-electron chi connectivity index (χ1n) is 7.45. The zero-order valence-corrected chi connectivity index (χ0v) is 15.2. The predicted octanol–water partition coefficient (Wildman–Crippen LogP) is 4.34. The van der Waals surface area contributed by atoms with E-state index >= 15 is 0 Å². The van der Waals surface area contributed by atoms with Gasteiger partial charge in [-0.3, -0.25) is 4.79 Å². The first-order valence-corrected chi connectivity index (χ1v) is 8.24. The summed E-state index contributed by atoms with van der Waals surface area (Å²) in [5.41, 5.74) is 2.29. The summed E-state index contributed by atoms with van der Waals surface area (Å²) >= 11 is 3.38. The minimum absolute atomic E-state index is 0.122. The van der Waals surface area contributed by atoms with Crippen LogP contribution in [-0.2, 0) is 0 Å². The lowest BCUT2D eigenvalue weighted by Gasteiger charge is -2.08. The van der Waals surface area contributed by atoms with E-state index in [1.165, 1.54) is 25.4 Å². The second-order valence-corrected chi connectivity index (χ2v) is 6.25. The van der Waals surface area contributed by atoms with Gasteiger partial charge in [-0.25, -0.2) is 9.07 Å². The van der Waals surface area contributed by atoms with E-state index in [0.29, 0.717) is 16.9 Å². The van der Waals surface area contributed by atoms with E-state index < -0.39 is 5.82 Å². The highest BCUT2D eigenvalue weighted by atomic mass is 79.9. The standard InChI is InChI=1S/C18H15BrFN3O2/c1-11-15(10-21-23(11)14-6-3-12(19)4-7-14)18(24)22-13-5-8-17(25-2)16(20)9-13/h3-10H,1-2H3,(H,22,24). The normalized spacial score (nSPS) is 10.6. The van der Waals surface area contributed by atoms with Gasteiger partial charge in [0, 0.05) is 16.2 Å². The van der Waals surface area contributed by atoms with Crippen molar-refractivity contribution in [3.05, 3.63) is 70.2 Å². The minimum Gasteiger partial charge on any atom is -0.494 e. The molecule has 1 N–H and O–H groups in total. The Labute approximate surface area is 152 Å². The first kappa shape index (κ1) is 17.2. The van der Waals surface area contributed by atoms with Crippen LogP contribution >= 0.6 is 15.9 Å². The van der Waals surface area contributed by atoms with E-state index in [2.05, 4.69) is 26.3 Å². The van der Waals surface area contributed by atoms with Crippen molar-refractivity contribution < 1.29 is 13.9 Å². The number of nitrogens with one attached hydrogen (secondary N) is 1. The molecule has 0 aliphatic rings. The SMILES string of the molecule is COc1ccc(NC(=O)c2cnn(-c3ccc(Br)cc3)c2C)cc1F. The third kappa shape index (κ3) is 3.56. The number of benzene rings is 2. The number of ether oxygens (including phenoxy) is 1. The number of hydrogen-bond donors (Lipinski definition) is 1. The second-order valence-electron chi connectivity index (χ2n) is 5.34. The quantitative estimate of drug-likeness (QED) is 0.704. The van der Waals surface area contributed by atoms with E-state index in [4.69, 9.17) is 4.74 Å². The van der Waals surface area contributed by atoms with Crippen molar-refractivity contribution in [1.82, 2.24) is 9.78 Å². The van der Waals surface area contributed by atoms with Crippen LogP contribution in [0.2, 0.25) is 0 Å². The van der Waals surface area contributed by atoms with Crippen LogP contribution in [0.3, 0.4) is 0 Å². The fourth-order valence-corrected chi connectivity index (χ4v) is 2.68. The molecule has 1 amide bonds. The maximum Gasteiger partial charge on any atom is 0.259 e. The van der Waals surface area contributed by atoms with Gasteiger partial charge >= 0.3 is 0 Å². The Kier molecular flexibility index (Phi) is 4.85. The van der Waals surface area contributed by atoms with Crippen molar-refractivity contribution in [3.8, 4) is 11.4 Å².